The van der Waals surface area contributed by atoms with Crippen LogP contribution in [0.15, 0.2) is 12.2 Å². The predicted molar refractivity (Wildman–Crippen MR) is 137 cm³/mol. The van der Waals surface area contributed by atoms with Crippen LogP contribution in [0.3, 0.4) is 0 Å². The second-order valence-electron chi connectivity index (χ2n) is 7.99. The summed E-state index contributed by atoms with van der Waals surface area (Å²) < 4.78 is 31.7. The first kappa shape index (κ1) is 32.2. The molecule has 32 heavy (non-hydrogen) atoms. The van der Waals surface area contributed by atoms with Crippen molar-refractivity contribution in [2.45, 2.75) is 96.8 Å². The molecular weight excluding hydrogens is 495 g/mol. The molecule has 6 nitrogen and oxygen atoms in total. The Morgan fingerprint density at radius 2 is 1.12 bits per heavy atom. The van der Waals surface area contributed by atoms with Gasteiger partial charge in [-0.05, 0) is 32.1 Å². The zero-order valence-electron chi connectivity index (χ0n) is 20.3. The molecule has 0 fully saturated rings. The summed E-state index contributed by atoms with van der Waals surface area (Å²) in [5, 5.41) is 0.478. The lowest BCUT2D eigenvalue weighted by Gasteiger charge is -2.11. The van der Waals surface area contributed by atoms with Gasteiger partial charge in [-0.1, -0.05) is 92.8 Å². The van der Waals surface area contributed by atoms with Crippen LogP contribution in [-0.2, 0) is 23.1 Å². The summed E-state index contributed by atoms with van der Waals surface area (Å²) in [6.07, 6.45) is 23.0. The normalized spacial score (nSPS) is 13.7. The monoisotopic (exact) mass is 542 g/mol. The lowest BCUT2D eigenvalue weighted by Crippen LogP contribution is -2.10. The Balaban J connectivity index is 3.18. The van der Waals surface area contributed by atoms with Gasteiger partial charge in [0.05, 0.1) is 33.0 Å². The molecule has 0 heterocycles. The van der Waals surface area contributed by atoms with E-state index in [4.69, 9.17) is 14.0 Å². The summed E-state index contributed by atoms with van der Waals surface area (Å²) in [7, 11) is -3.95. The first-order valence-electron chi connectivity index (χ1n) is 12.6. The Labute approximate surface area is 205 Å². The van der Waals surface area contributed by atoms with Gasteiger partial charge in [0.1, 0.15) is 0 Å². The SMILES string of the molecule is CCCCCCCC/C=C\CCCCCCCCOCCOCCOP(=O)(O)OCCBr. The van der Waals surface area contributed by atoms with Gasteiger partial charge in [0.15, 0.2) is 0 Å². The van der Waals surface area contributed by atoms with Crippen LogP contribution >= 0.6 is 23.8 Å². The van der Waals surface area contributed by atoms with Gasteiger partial charge in [-0.2, -0.15) is 0 Å². The molecule has 1 unspecified atom stereocenters. The molecule has 0 amide bonds. The minimum atomic E-state index is -3.95. The van der Waals surface area contributed by atoms with Gasteiger partial charge in [-0.25, -0.2) is 4.57 Å². The van der Waals surface area contributed by atoms with E-state index in [0.29, 0.717) is 18.5 Å². The van der Waals surface area contributed by atoms with Gasteiger partial charge >= 0.3 is 7.82 Å². The number of phosphoric acid groups is 1. The van der Waals surface area contributed by atoms with Crippen molar-refractivity contribution in [3.8, 4) is 0 Å². The van der Waals surface area contributed by atoms with Gasteiger partial charge in [-0.15, -0.1) is 0 Å². The van der Waals surface area contributed by atoms with E-state index < -0.39 is 7.82 Å². The minimum Gasteiger partial charge on any atom is -0.379 e. The largest absolute Gasteiger partial charge is 0.472 e. The molecule has 192 valence electrons. The summed E-state index contributed by atoms with van der Waals surface area (Å²) >= 11 is 3.11. The molecule has 0 aliphatic heterocycles. The molecule has 0 rings (SSSR count). The zero-order chi connectivity index (χ0) is 23.6. The summed E-state index contributed by atoms with van der Waals surface area (Å²) in [5.41, 5.74) is 0. The molecule has 1 N–H and O–H groups in total. The minimum absolute atomic E-state index is 0.0188. The molecule has 0 saturated carbocycles. The molecule has 0 aromatic carbocycles. The van der Waals surface area contributed by atoms with Gasteiger partial charge in [0, 0.05) is 11.9 Å². The second kappa shape index (κ2) is 25.9. The molecule has 0 bridgehead atoms. The van der Waals surface area contributed by atoms with Crippen molar-refractivity contribution in [3.63, 3.8) is 0 Å². The molecular formula is C24H48BrO6P. The lowest BCUT2D eigenvalue weighted by molar-refractivity contribution is 0.0294. The molecule has 0 aromatic heterocycles. The number of hydrogen-bond acceptors (Lipinski definition) is 5. The van der Waals surface area contributed by atoms with Crippen molar-refractivity contribution in [3.05, 3.63) is 12.2 Å². The molecule has 0 spiro atoms. The molecule has 8 heteroatoms. The number of halogens is 1. The summed E-state index contributed by atoms with van der Waals surface area (Å²) in [6.45, 7) is 4.38. The number of phosphoric ester groups is 1. The first-order chi connectivity index (χ1) is 15.6. The van der Waals surface area contributed by atoms with Gasteiger partial charge in [-0.3, -0.25) is 9.05 Å². The highest BCUT2D eigenvalue weighted by atomic mass is 79.9. The Kier molecular flexibility index (Phi) is 26.1. The average molecular weight is 544 g/mol. The van der Waals surface area contributed by atoms with Gasteiger partial charge < -0.3 is 14.4 Å². The number of alkyl halides is 1. The quantitative estimate of drug-likeness (QED) is 0.0525. The Morgan fingerprint density at radius 1 is 0.656 bits per heavy atom. The van der Waals surface area contributed by atoms with Gasteiger partial charge in [0.25, 0.3) is 0 Å². The number of unbranched alkanes of at least 4 members (excludes halogenated alkanes) is 12. The molecule has 0 aliphatic carbocycles. The summed E-state index contributed by atoms with van der Waals surface area (Å²) in [6, 6.07) is 0. The topological polar surface area (TPSA) is 74.2 Å². The average Bonchev–Trinajstić information content (AvgIpc) is 2.78. The van der Waals surface area contributed by atoms with E-state index >= 15 is 0 Å². The van der Waals surface area contributed by atoms with Crippen LogP contribution in [0, 0.1) is 0 Å². The molecule has 0 saturated heterocycles. The summed E-state index contributed by atoms with van der Waals surface area (Å²) in [4.78, 5) is 9.32. The van der Waals surface area contributed by atoms with E-state index in [-0.39, 0.29) is 19.8 Å². The Bertz CT molecular complexity index is 450. The van der Waals surface area contributed by atoms with Crippen molar-refractivity contribution in [1.29, 1.82) is 0 Å². The van der Waals surface area contributed by atoms with Crippen molar-refractivity contribution in [2.24, 2.45) is 0 Å². The van der Waals surface area contributed by atoms with Crippen LogP contribution in [0.1, 0.15) is 96.8 Å². The highest BCUT2D eigenvalue weighted by molar-refractivity contribution is 9.09. The number of hydrogen-bond donors (Lipinski definition) is 1. The maximum Gasteiger partial charge on any atom is 0.472 e. The van der Waals surface area contributed by atoms with Crippen LogP contribution in [0.2, 0.25) is 0 Å². The van der Waals surface area contributed by atoms with Gasteiger partial charge in [0.2, 0.25) is 0 Å². The van der Waals surface area contributed by atoms with E-state index in [1.54, 1.807) is 0 Å². The van der Waals surface area contributed by atoms with Crippen molar-refractivity contribution >= 4 is 23.8 Å². The smallest absolute Gasteiger partial charge is 0.379 e. The highest BCUT2D eigenvalue weighted by Crippen LogP contribution is 2.42. The zero-order valence-corrected chi connectivity index (χ0v) is 22.8. The third-order valence-electron chi connectivity index (χ3n) is 4.99. The second-order valence-corrected chi connectivity index (χ2v) is 10.2. The number of allylic oxidation sites excluding steroid dienone is 2. The third kappa shape index (κ3) is 26.5. The van der Waals surface area contributed by atoms with E-state index in [0.717, 1.165) is 13.0 Å². The fourth-order valence-corrected chi connectivity index (χ4v) is 4.29. The molecule has 0 aliphatic rings. The maximum absolute atomic E-state index is 11.4. The van der Waals surface area contributed by atoms with Crippen molar-refractivity contribution in [2.75, 3.05) is 45.0 Å². The van der Waals surface area contributed by atoms with Crippen LogP contribution in [0.5, 0.6) is 0 Å². The van der Waals surface area contributed by atoms with Crippen LogP contribution in [0.4, 0.5) is 0 Å². The molecule has 0 aromatic rings. The molecule has 0 radical (unpaired) electrons. The van der Waals surface area contributed by atoms with E-state index in [1.165, 1.54) is 83.5 Å². The van der Waals surface area contributed by atoms with E-state index in [2.05, 4.69) is 39.5 Å². The predicted octanol–water partition coefficient (Wildman–Crippen LogP) is 7.59. The fourth-order valence-electron chi connectivity index (χ4n) is 3.17. The lowest BCUT2D eigenvalue weighted by atomic mass is 10.1. The van der Waals surface area contributed by atoms with Crippen molar-refractivity contribution in [1.82, 2.24) is 0 Å². The molecule has 1 atom stereocenters. The standard InChI is InChI=1S/C24H48BrO6P/c1-2-3-4-5-6-7-8-9-10-11-12-13-14-15-16-17-19-28-21-22-29-23-24-31-32(26,27)30-20-18-25/h9-10H,2-8,11-24H2,1H3,(H,26,27)/b10-9-. The number of ether oxygens (including phenoxy) is 2. The first-order valence-corrected chi connectivity index (χ1v) is 15.2. The Morgan fingerprint density at radius 3 is 1.72 bits per heavy atom. The Hall–Kier alpha value is 0.250. The van der Waals surface area contributed by atoms with E-state index in [9.17, 15) is 9.46 Å². The van der Waals surface area contributed by atoms with Crippen molar-refractivity contribution < 1.29 is 28.0 Å². The van der Waals surface area contributed by atoms with Crippen LogP contribution in [0.25, 0.3) is 0 Å². The fraction of sp³-hybridized carbons (Fsp3) is 0.917. The van der Waals surface area contributed by atoms with Crippen LogP contribution in [-0.4, -0.2) is 49.9 Å². The highest BCUT2D eigenvalue weighted by Gasteiger charge is 2.19. The number of rotatable bonds is 26. The maximum atomic E-state index is 11.4. The third-order valence-corrected chi connectivity index (χ3v) is 6.33. The van der Waals surface area contributed by atoms with Crippen LogP contribution < -0.4 is 0 Å². The van der Waals surface area contributed by atoms with E-state index in [1.807, 2.05) is 0 Å². The summed E-state index contributed by atoms with van der Waals surface area (Å²) in [5.74, 6) is 0.